The number of nitrogens with zero attached hydrogens (tertiary/aromatic N) is 2. The van der Waals surface area contributed by atoms with Crippen molar-refractivity contribution in [3.63, 3.8) is 0 Å². The smallest absolute Gasteiger partial charge is 0.148 e. The Balaban J connectivity index is 1.56. The van der Waals surface area contributed by atoms with Gasteiger partial charge in [0.15, 0.2) is 0 Å². The van der Waals surface area contributed by atoms with Crippen LogP contribution >= 0.6 is 0 Å². The van der Waals surface area contributed by atoms with Gasteiger partial charge in [-0.25, -0.2) is 4.39 Å². The predicted molar refractivity (Wildman–Crippen MR) is 114 cm³/mol. The number of piperazine rings is 1. The van der Waals surface area contributed by atoms with E-state index in [1.54, 1.807) is 6.07 Å². The Kier molecular flexibility index (Phi) is 5.17. The van der Waals surface area contributed by atoms with Gasteiger partial charge >= 0.3 is 0 Å². The Bertz CT molecular complexity index is 883. The van der Waals surface area contributed by atoms with Crippen LogP contribution in [0.15, 0.2) is 72.8 Å². The van der Waals surface area contributed by atoms with Crippen LogP contribution in [0.3, 0.4) is 0 Å². The van der Waals surface area contributed by atoms with E-state index in [1.165, 1.54) is 17.2 Å². The van der Waals surface area contributed by atoms with Crippen LogP contribution < -0.4 is 16.4 Å². The molecule has 0 aliphatic carbocycles. The molecule has 3 aromatic rings. The van der Waals surface area contributed by atoms with Crippen LogP contribution in [0.2, 0.25) is 0 Å². The molecule has 0 amide bonds. The van der Waals surface area contributed by atoms with Gasteiger partial charge in [0.25, 0.3) is 0 Å². The summed E-state index contributed by atoms with van der Waals surface area (Å²) in [6.07, 6.45) is 0. The molecule has 0 atom stereocenters. The first-order valence-electron chi connectivity index (χ1n) is 9.57. The van der Waals surface area contributed by atoms with Crippen LogP contribution in [0.4, 0.5) is 21.5 Å². The third kappa shape index (κ3) is 3.66. The number of halogens is 1. The summed E-state index contributed by atoms with van der Waals surface area (Å²) in [6.45, 7) is 3.13. The highest BCUT2D eigenvalue weighted by Crippen LogP contribution is 2.32. The summed E-state index contributed by atoms with van der Waals surface area (Å²) in [5.74, 6) is -0.317. The lowest BCUT2D eigenvalue weighted by Gasteiger charge is -2.40. The second kappa shape index (κ2) is 7.90. The van der Waals surface area contributed by atoms with E-state index in [0.29, 0.717) is 11.4 Å². The van der Waals surface area contributed by atoms with Crippen molar-refractivity contribution in [2.24, 2.45) is 0 Å². The summed E-state index contributed by atoms with van der Waals surface area (Å²) >= 11 is 0. The van der Waals surface area contributed by atoms with Gasteiger partial charge in [0.05, 0.1) is 23.1 Å². The minimum atomic E-state index is -0.317. The SMILES string of the molecule is Nc1cc(F)c(N2CCN(C(c3ccccc3)c3ccccc3)CC2)cc1N. The van der Waals surface area contributed by atoms with Gasteiger partial charge in [-0.3, -0.25) is 4.90 Å². The Morgan fingerprint density at radius 2 is 1.21 bits per heavy atom. The van der Waals surface area contributed by atoms with Crippen LogP contribution in [0.25, 0.3) is 0 Å². The quantitative estimate of drug-likeness (QED) is 0.678. The van der Waals surface area contributed by atoms with Crippen LogP contribution in [-0.2, 0) is 0 Å². The van der Waals surface area contributed by atoms with Crippen molar-refractivity contribution >= 4 is 17.1 Å². The zero-order valence-electron chi connectivity index (χ0n) is 15.8. The molecule has 1 aliphatic rings. The van der Waals surface area contributed by atoms with E-state index in [4.69, 9.17) is 11.5 Å². The van der Waals surface area contributed by atoms with Crippen molar-refractivity contribution in [3.05, 3.63) is 89.7 Å². The maximum atomic E-state index is 14.4. The third-order valence-corrected chi connectivity index (χ3v) is 5.40. The van der Waals surface area contributed by atoms with E-state index < -0.39 is 0 Å². The average molecular weight is 376 g/mol. The molecular weight excluding hydrogens is 351 g/mol. The lowest BCUT2D eigenvalue weighted by molar-refractivity contribution is 0.212. The lowest BCUT2D eigenvalue weighted by Crippen LogP contribution is -2.48. The molecule has 5 heteroatoms. The maximum Gasteiger partial charge on any atom is 0.148 e. The first-order chi connectivity index (χ1) is 13.6. The van der Waals surface area contributed by atoms with Gasteiger partial charge in [0, 0.05) is 32.2 Å². The zero-order valence-corrected chi connectivity index (χ0v) is 15.8. The summed E-state index contributed by atoms with van der Waals surface area (Å²) in [4.78, 5) is 4.51. The minimum absolute atomic E-state index is 0.186. The van der Waals surface area contributed by atoms with Crippen molar-refractivity contribution in [3.8, 4) is 0 Å². The number of anilines is 3. The molecule has 0 spiro atoms. The first-order valence-corrected chi connectivity index (χ1v) is 9.57. The van der Waals surface area contributed by atoms with E-state index in [-0.39, 0.29) is 17.5 Å². The van der Waals surface area contributed by atoms with Crippen molar-refractivity contribution in [1.29, 1.82) is 0 Å². The van der Waals surface area contributed by atoms with Crippen molar-refractivity contribution in [2.45, 2.75) is 6.04 Å². The van der Waals surface area contributed by atoms with Gasteiger partial charge in [0.1, 0.15) is 5.82 Å². The van der Waals surface area contributed by atoms with Crippen molar-refractivity contribution in [1.82, 2.24) is 4.90 Å². The van der Waals surface area contributed by atoms with E-state index in [9.17, 15) is 4.39 Å². The van der Waals surface area contributed by atoms with Gasteiger partial charge < -0.3 is 16.4 Å². The minimum Gasteiger partial charge on any atom is -0.397 e. The molecule has 1 fully saturated rings. The Morgan fingerprint density at radius 1 is 0.714 bits per heavy atom. The molecule has 0 unspecified atom stereocenters. The fourth-order valence-electron chi connectivity index (χ4n) is 3.94. The van der Waals surface area contributed by atoms with Gasteiger partial charge in [-0.1, -0.05) is 60.7 Å². The molecule has 1 aliphatic heterocycles. The fourth-order valence-corrected chi connectivity index (χ4v) is 3.94. The largest absolute Gasteiger partial charge is 0.397 e. The molecule has 144 valence electrons. The molecule has 1 saturated heterocycles. The van der Waals surface area contributed by atoms with Gasteiger partial charge in [-0.05, 0) is 17.2 Å². The molecule has 4 N–H and O–H groups in total. The van der Waals surface area contributed by atoms with Crippen molar-refractivity contribution in [2.75, 3.05) is 42.5 Å². The van der Waals surface area contributed by atoms with Crippen LogP contribution in [-0.4, -0.2) is 31.1 Å². The average Bonchev–Trinajstić information content (AvgIpc) is 2.73. The van der Waals surface area contributed by atoms with E-state index in [0.717, 1.165) is 26.2 Å². The van der Waals surface area contributed by atoms with Crippen LogP contribution in [0.1, 0.15) is 17.2 Å². The summed E-state index contributed by atoms with van der Waals surface area (Å²) in [5.41, 5.74) is 15.4. The number of rotatable bonds is 4. The first kappa shape index (κ1) is 18.3. The van der Waals surface area contributed by atoms with Gasteiger partial charge in [-0.15, -0.1) is 0 Å². The van der Waals surface area contributed by atoms with Gasteiger partial charge in [0.2, 0.25) is 0 Å². The molecule has 0 aromatic heterocycles. The zero-order chi connectivity index (χ0) is 19.5. The summed E-state index contributed by atoms with van der Waals surface area (Å²) < 4.78 is 14.4. The molecule has 1 heterocycles. The lowest BCUT2D eigenvalue weighted by atomic mass is 9.96. The summed E-state index contributed by atoms with van der Waals surface area (Å²) in [5, 5.41) is 0. The standard InChI is InChI=1S/C23H25FN4/c24-19-15-20(25)21(26)16-22(19)27-11-13-28(14-12-27)23(17-7-3-1-4-8-17)18-9-5-2-6-10-18/h1-10,15-16,23H,11-14,25-26H2. The number of hydrogen-bond acceptors (Lipinski definition) is 4. The van der Waals surface area contributed by atoms with E-state index >= 15 is 0 Å². The fraction of sp³-hybridized carbons (Fsp3) is 0.217. The Labute approximate surface area is 165 Å². The molecule has 4 rings (SSSR count). The maximum absolute atomic E-state index is 14.4. The Morgan fingerprint density at radius 3 is 1.75 bits per heavy atom. The highest BCUT2D eigenvalue weighted by atomic mass is 19.1. The van der Waals surface area contributed by atoms with Gasteiger partial charge in [-0.2, -0.15) is 0 Å². The van der Waals surface area contributed by atoms with E-state index in [2.05, 4.69) is 58.3 Å². The molecular formula is C23H25FN4. The Hall–Kier alpha value is -3.05. The molecule has 0 bridgehead atoms. The van der Waals surface area contributed by atoms with Crippen LogP contribution in [0, 0.1) is 5.82 Å². The highest BCUT2D eigenvalue weighted by Gasteiger charge is 2.27. The highest BCUT2D eigenvalue weighted by molar-refractivity contribution is 5.70. The monoisotopic (exact) mass is 376 g/mol. The van der Waals surface area contributed by atoms with E-state index in [1.807, 2.05) is 12.1 Å². The topological polar surface area (TPSA) is 58.5 Å². The molecule has 0 saturated carbocycles. The molecule has 28 heavy (non-hydrogen) atoms. The normalized spacial score (nSPS) is 15.1. The second-order valence-corrected chi connectivity index (χ2v) is 7.18. The van der Waals surface area contributed by atoms with Crippen molar-refractivity contribution < 1.29 is 4.39 Å². The number of hydrogen-bond donors (Lipinski definition) is 2. The summed E-state index contributed by atoms with van der Waals surface area (Å²) in [7, 11) is 0. The molecule has 0 radical (unpaired) electrons. The number of nitrogen functional groups attached to an aromatic ring is 2. The summed E-state index contributed by atoms with van der Waals surface area (Å²) in [6, 6.07) is 24.2. The number of benzene rings is 3. The second-order valence-electron chi connectivity index (χ2n) is 7.18. The third-order valence-electron chi connectivity index (χ3n) is 5.40. The predicted octanol–water partition coefficient (Wildman–Crippen LogP) is 3.90. The van der Waals surface area contributed by atoms with Crippen LogP contribution in [0.5, 0.6) is 0 Å². The number of nitrogens with two attached hydrogens (primary N) is 2. The molecule has 4 nitrogen and oxygen atoms in total. The molecule has 3 aromatic carbocycles.